The zero-order valence-corrected chi connectivity index (χ0v) is 12.2. The molecule has 2 aliphatic rings. The van der Waals surface area contributed by atoms with Gasteiger partial charge >= 0.3 is 0 Å². The number of anilines is 1. The largest absolute Gasteiger partial charge is 0.388 e. The summed E-state index contributed by atoms with van der Waals surface area (Å²) in [6, 6.07) is -0.426. The zero-order valence-electron chi connectivity index (χ0n) is 11.4. The van der Waals surface area contributed by atoms with Crippen LogP contribution < -0.4 is 4.90 Å². The fourth-order valence-electron chi connectivity index (χ4n) is 2.67. The second-order valence-electron chi connectivity index (χ2n) is 4.72. The van der Waals surface area contributed by atoms with Gasteiger partial charge in [0.1, 0.15) is 11.9 Å². The van der Waals surface area contributed by atoms with Crippen molar-refractivity contribution in [3.63, 3.8) is 0 Å². The van der Waals surface area contributed by atoms with Gasteiger partial charge in [0.2, 0.25) is 13.3 Å². The van der Waals surface area contributed by atoms with Gasteiger partial charge in [-0.1, -0.05) is 18.6 Å². The first-order chi connectivity index (χ1) is 9.65. The van der Waals surface area contributed by atoms with Gasteiger partial charge in [0, 0.05) is 25.7 Å². The van der Waals surface area contributed by atoms with Gasteiger partial charge in [-0.2, -0.15) is 0 Å². The molecule has 1 radical (unpaired) electrons. The highest BCUT2D eigenvalue weighted by Crippen LogP contribution is 2.32. The van der Waals surface area contributed by atoms with Gasteiger partial charge in [-0.15, -0.1) is 0 Å². The maximum atomic E-state index is 12.4. The number of hydrogen-bond acceptors (Lipinski definition) is 6. The zero-order chi connectivity index (χ0) is 14.3. The minimum atomic E-state index is -0.426. The molecule has 0 saturated carbocycles. The molecule has 6 nitrogen and oxygen atoms in total. The van der Waals surface area contributed by atoms with E-state index in [9.17, 15) is 9.59 Å². The van der Waals surface area contributed by atoms with Gasteiger partial charge in [-0.05, 0) is 6.26 Å². The van der Waals surface area contributed by atoms with E-state index in [4.69, 9.17) is 0 Å². The summed E-state index contributed by atoms with van der Waals surface area (Å²) in [4.78, 5) is 36.7. The Labute approximate surface area is 122 Å². The molecular weight excluding hydrogens is 275 g/mol. The average Bonchev–Trinajstić information content (AvgIpc) is 2.48. The van der Waals surface area contributed by atoms with Crippen molar-refractivity contribution in [1.29, 1.82) is 0 Å². The van der Waals surface area contributed by atoms with Crippen molar-refractivity contribution in [3.05, 3.63) is 11.8 Å². The molecule has 1 aromatic heterocycles. The number of fused-ring (bicyclic) bond motifs is 3. The van der Waals surface area contributed by atoms with Gasteiger partial charge in [0.05, 0.1) is 5.56 Å². The molecule has 8 heteroatoms. The van der Waals surface area contributed by atoms with Crippen LogP contribution in [0.3, 0.4) is 0 Å². The van der Waals surface area contributed by atoms with Crippen molar-refractivity contribution in [2.75, 3.05) is 24.2 Å². The first-order valence-corrected chi connectivity index (χ1v) is 7.69. The second-order valence-corrected chi connectivity index (χ2v) is 5.49. The Balaban J connectivity index is 2.02. The van der Waals surface area contributed by atoms with Crippen molar-refractivity contribution in [3.8, 4) is 0 Å². The normalized spacial score (nSPS) is 21.6. The predicted octanol–water partition coefficient (Wildman–Crippen LogP) is 0.469. The highest BCUT2D eigenvalue weighted by Gasteiger charge is 2.41. The van der Waals surface area contributed by atoms with Crippen molar-refractivity contribution >= 4 is 36.7 Å². The maximum absolute atomic E-state index is 12.4. The van der Waals surface area contributed by atoms with Gasteiger partial charge in [0.15, 0.2) is 10.9 Å². The van der Waals surface area contributed by atoms with Crippen LogP contribution in [0.4, 0.5) is 5.82 Å². The Hall–Kier alpha value is -1.57. The van der Waals surface area contributed by atoms with E-state index in [1.807, 2.05) is 18.0 Å². The van der Waals surface area contributed by atoms with Gasteiger partial charge in [0.25, 0.3) is 0 Å². The standard InChI is InChI=1S/C12H14BN4O2S/c1-13-17-4-3-16-8(11(17)19)5-9(18)7-6-14-12(20-2)15-10(7)16/h6,8H,3-5H2,1-2H3. The Kier molecular flexibility index (Phi) is 3.41. The van der Waals surface area contributed by atoms with Gasteiger partial charge in [-0.25, -0.2) is 9.97 Å². The van der Waals surface area contributed by atoms with Crippen LogP contribution in [0.15, 0.2) is 11.4 Å². The van der Waals surface area contributed by atoms with Crippen LogP contribution >= 0.6 is 11.8 Å². The number of amides is 1. The molecule has 2 aliphatic heterocycles. The van der Waals surface area contributed by atoms with Crippen molar-refractivity contribution in [1.82, 2.24) is 14.8 Å². The van der Waals surface area contributed by atoms with Crippen LogP contribution in [0.25, 0.3) is 0 Å². The van der Waals surface area contributed by atoms with Crippen LogP contribution in [0.5, 0.6) is 0 Å². The lowest BCUT2D eigenvalue weighted by Crippen LogP contribution is -2.60. The number of aromatic nitrogens is 2. The number of thioether (sulfide) groups is 1. The minimum absolute atomic E-state index is 0.0259. The quantitative estimate of drug-likeness (QED) is 0.448. The third-order valence-electron chi connectivity index (χ3n) is 3.72. The molecule has 3 rings (SSSR count). The molecule has 1 saturated heterocycles. The van der Waals surface area contributed by atoms with Crippen LogP contribution in [-0.4, -0.2) is 59.3 Å². The molecular formula is C12H14BN4O2S. The van der Waals surface area contributed by atoms with E-state index in [-0.39, 0.29) is 18.1 Å². The number of ketones is 1. The number of rotatable bonds is 2. The van der Waals surface area contributed by atoms with Crippen LogP contribution in [0.1, 0.15) is 16.8 Å². The van der Waals surface area contributed by atoms with E-state index in [1.165, 1.54) is 11.8 Å². The summed E-state index contributed by atoms with van der Waals surface area (Å²) in [7, 11) is 1.77. The predicted molar refractivity (Wildman–Crippen MR) is 77.2 cm³/mol. The number of carbonyl (C=O) groups is 2. The first-order valence-electron chi connectivity index (χ1n) is 6.46. The van der Waals surface area contributed by atoms with E-state index >= 15 is 0 Å². The number of hydrogen-bond donors (Lipinski definition) is 0. The third-order valence-corrected chi connectivity index (χ3v) is 4.28. The summed E-state index contributed by atoms with van der Waals surface area (Å²) < 4.78 is 0. The lowest BCUT2D eigenvalue weighted by atomic mass is 9.88. The Bertz CT molecular complexity index is 583. The monoisotopic (exact) mass is 289 g/mol. The molecule has 103 valence electrons. The summed E-state index contributed by atoms with van der Waals surface area (Å²) in [6.45, 7) is 3.14. The molecule has 20 heavy (non-hydrogen) atoms. The molecule has 0 bridgehead atoms. The molecule has 0 N–H and O–H groups in total. The molecule has 1 amide bonds. The van der Waals surface area contributed by atoms with E-state index in [0.29, 0.717) is 29.6 Å². The van der Waals surface area contributed by atoms with E-state index in [2.05, 4.69) is 9.97 Å². The number of piperazine rings is 1. The average molecular weight is 289 g/mol. The summed E-state index contributed by atoms with van der Waals surface area (Å²) in [5, 5.41) is 0.620. The van der Waals surface area contributed by atoms with Crippen molar-refractivity contribution < 1.29 is 9.59 Å². The Morgan fingerprint density at radius 1 is 1.40 bits per heavy atom. The summed E-state index contributed by atoms with van der Waals surface area (Å²) in [5.74, 6) is 0.525. The lowest BCUT2D eigenvalue weighted by molar-refractivity contribution is -0.129. The Morgan fingerprint density at radius 3 is 2.90 bits per heavy atom. The van der Waals surface area contributed by atoms with Crippen molar-refractivity contribution in [2.45, 2.75) is 24.4 Å². The fraction of sp³-hybridized carbons (Fsp3) is 0.500. The smallest absolute Gasteiger partial charge is 0.246 e. The van der Waals surface area contributed by atoms with E-state index < -0.39 is 6.04 Å². The second kappa shape index (κ2) is 5.08. The topological polar surface area (TPSA) is 66.4 Å². The van der Waals surface area contributed by atoms with Gasteiger partial charge < -0.3 is 9.71 Å². The van der Waals surface area contributed by atoms with Crippen molar-refractivity contribution in [2.24, 2.45) is 0 Å². The Morgan fingerprint density at radius 2 is 2.20 bits per heavy atom. The molecule has 1 atom stereocenters. The van der Waals surface area contributed by atoms with E-state index in [1.54, 1.807) is 18.4 Å². The maximum Gasteiger partial charge on any atom is 0.246 e. The highest BCUT2D eigenvalue weighted by atomic mass is 32.2. The molecule has 0 aliphatic carbocycles. The fourth-order valence-corrected chi connectivity index (χ4v) is 3.01. The lowest BCUT2D eigenvalue weighted by Gasteiger charge is -2.43. The molecule has 1 aromatic rings. The highest BCUT2D eigenvalue weighted by molar-refractivity contribution is 7.98. The first kappa shape index (κ1) is 13.4. The van der Waals surface area contributed by atoms with Gasteiger partial charge in [-0.3, -0.25) is 9.59 Å². The molecule has 0 aromatic carbocycles. The molecule has 1 unspecified atom stereocenters. The summed E-state index contributed by atoms with van der Waals surface area (Å²) in [6.07, 6.45) is 3.67. The number of Topliss-reactive ketones (excluding diaryl/α,β-unsaturated/α-hetero) is 1. The molecule has 1 fully saturated rings. The number of nitrogens with zero attached hydrogens (tertiary/aromatic N) is 4. The number of carbonyl (C=O) groups excluding carboxylic acids is 2. The summed E-state index contributed by atoms with van der Waals surface area (Å²) in [5.41, 5.74) is 0.528. The third kappa shape index (κ3) is 1.98. The summed E-state index contributed by atoms with van der Waals surface area (Å²) >= 11 is 1.43. The van der Waals surface area contributed by atoms with E-state index in [0.717, 1.165) is 0 Å². The van der Waals surface area contributed by atoms with Crippen LogP contribution in [0, 0.1) is 0 Å². The molecule has 3 heterocycles. The van der Waals surface area contributed by atoms with Crippen LogP contribution in [-0.2, 0) is 4.79 Å². The minimum Gasteiger partial charge on any atom is -0.388 e. The SMILES string of the molecule is C[B]N1CCN2c3nc(SC)ncc3C(=O)CC2C1=O. The van der Waals surface area contributed by atoms with Crippen LogP contribution in [0.2, 0.25) is 6.82 Å². The molecule has 0 spiro atoms.